The molecular weight excluding hydrogens is 226 g/mol. The molecule has 0 atom stereocenters. The van der Waals surface area contributed by atoms with Gasteiger partial charge in [0.25, 0.3) is 0 Å². The van der Waals surface area contributed by atoms with Gasteiger partial charge in [0.1, 0.15) is 5.41 Å². The maximum Gasteiger partial charge on any atom is 0.243 e. The van der Waals surface area contributed by atoms with Crippen molar-refractivity contribution in [3.8, 4) is 6.07 Å². The van der Waals surface area contributed by atoms with Crippen molar-refractivity contribution in [2.45, 2.75) is 40.0 Å². The van der Waals surface area contributed by atoms with Crippen LogP contribution in [0.3, 0.4) is 0 Å². The molecule has 0 saturated heterocycles. The van der Waals surface area contributed by atoms with Gasteiger partial charge in [-0.1, -0.05) is 13.8 Å². The lowest BCUT2D eigenvalue weighted by Gasteiger charge is -2.30. The number of nitrogens with zero attached hydrogens (tertiary/aromatic N) is 3. The Hall–Kier alpha value is -1.08. The van der Waals surface area contributed by atoms with Crippen LogP contribution in [0, 0.1) is 16.7 Å². The fourth-order valence-corrected chi connectivity index (χ4v) is 2.04. The summed E-state index contributed by atoms with van der Waals surface area (Å²) in [4.78, 5) is 16.4. The summed E-state index contributed by atoms with van der Waals surface area (Å²) >= 11 is 0. The van der Waals surface area contributed by atoms with Crippen molar-refractivity contribution in [3.05, 3.63) is 0 Å². The molecule has 0 aromatic carbocycles. The third-order valence-corrected chi connectivity index (χ3v) is 3.53. The molecule has 0 spiro atoms. The molecule has 0 aliphatic rings. The summed E-state index contributed by atoms with van der Waals surface area (Å²) in [5.41, 5.74) is -0.825. The Labute approximate surface area is 112 Å². The van der Waals surface area contributed by atoms with Gasteiger partial charge in [-0.15, -0.1) is 0 Å². The Morgan fingerprint density at radius 2 is 1.72 bits per heavy atom. The fourth-order valence-electron chi connectivity index (χ4n) is 2.04. The predicted octanol–water partition coefficient (Wildman–Crippen LogP) is 2.12. The molecule has 0 heterocycles. The highest BCUT2D eigenvalue weighted by atomic mass is 16.2. The van der Waals surface area contributed by atoms with E-state index < -0.39 is 5.41 Å². The maximum absolute atomic E-state index is 12.5. The van der Waals surface area contributed by atoms with Gasteiger partial charge in [-0.25, -0.2) is 0 Å². The third-order valence-electron chi connectivity index (χ3n) is 3.53. The number of rotatable bonds is 8. The topological polar surface area (TPSA) is 47.3 Å². The second kappa shape index (κ2) is 8.10. The lowest BCUT2D eigenvalue weighted by molar-refractivity contribution is -0.139. The van der Waals surface area contributed by atoms with Crippen LogP contribution in [0.1, 0.15) is 40.0 Å². The summed E-state index contributed by atoms with van der Waals surface area (Å²) in [7, 11) is 4.05. The van der Waals surface area contributed by atoms with Gasteiger partial charge in [0.15, 0.2) is 0 Å². The Morgan fingerprint density at radius 1 is 1.17 bits per heavy atom. The van der Waals surface area contributed by atoms with Crippen molar-refractivity contribution in [2.75, 3.05) is 33.7 Å². The standard InChI is InChI=1S/C14H27N3O/c1-6-14(7-2,12-15)13(18)17(8-3)11-9-10-16(4)5/h6-11H2,1-5H3. The fraction of sp³-hybridized carbons (Fsp3) is 0.857. The van der Waals surface area contributed by atoms with Gasteiger partial charge in [0.2, 0.25) is 5.91 Å². The van der Waals surface area contributed by atoms with E-state index in [1.807, 2.05) is 39.8 Å². The smallest absolute Gasteiger partial charge is 0.243 e. The Morgan fingerprint density at radius 3 is 2.06 bits per heavy atom. The van der Waals surface area contributed by atoms with Crippen molar-refractivity contribution < 1.29 is 4.79 Å². The van der Waals surface area contributed by atoms with Gasteiger partial charge < -0.3 is 9.80 Å². The van der Waals surface area contributed by atoms with Crippen LogP contribution in [0.15, 0.2) is 0 Å². The van der Waals surface area contributed by atoms with E-state index in [0.717, 1.165) is 19.5 Å². The first-order valence-electron chi connectivity index (χ1n) is 6.82. The molecule has 104 valence electrons. The monoisotopic (exact) mass is 253 g/mol. The number of hydrogen-bond acceptors (Lipinski definition) is 3. The van der Waals surface area contributed by atoms with Crippen LogP contribution in [0.5, 0.6) is 0 Å². The number of amides is 1. The SMILES string of the molecule is CCN(CCCN(C)C)C(=O)C(C#N)(CC)CC. The van der Waals surface area contributed by atoms with E-state index in [-0.39, 0.29) is 5.91 Å². The molecule has 0 unspecified atom stereocenters. The molecule has 0 aliphatic heterocycles. The Kier molecular flexibility index (Phi) is 7.61. The molecule has 0 aromatic heterocycles. The number of nitriles is 1. The number of hydrogen-bond donors (Lipinski definition) is 0. The summed E-state index contributed by atoms with van der Waals surface area (Å²) in [6.07, 6.45) is 2.12. The molecule has 4 nitrogen and oxygen atoms in total. The normalized spacial score (nSPS) is 11.4. The number of carbonyl (C=O) groups excluding carboxylic acids is 1. The molecule has 18 heavy (non-hydrogen) atoms. The molecule has 0 rings (SSSR count). The first kappa shape index (κ1) is 16.9. The van der Waals surface area contributed by atoms with Crippen LogP contribution >= 0.6 is 0 Å². The second-order valence-corrected chi connectivity index (χ2v) is 4.94. The summed E-state index contributed by atoms with van der Waals surface area (Å²) in [6, 6.07) is 2.23. The van der Waals surface area contributed by atoms with Crippen LogP contribution in [-0.4, -0.2) is 49.4 Å². The highest BCUT2D eigenvalue weighted by Crippen LogP contribution is 2.28. The molecule has 0 radical (unpaired) electrons. The molecule has 1 amide bonds. The average Bonchev–Trinajstić information content (AvgIpc) is 2.37. The van der Waals surface area contributed by atoms with Gasteiger partial charge in [-0.3, -0.25) is 4.79 Å². The molecule has 0 N–H and O–H groups in total. The first-order chi connectivity index (χ1) is 8.47. The minimum atomic E-state index is -0.825. The summed E-state index contributed by atoms with van der Waals surface area (Å²) in [6.45, 7) is 8.17. The average molecular weight is 253 g/mol. The van der Waals surface area contributed by atoms with Crippen molar-refractivity contribution in [1.29, 1.82) is 5.26 Å². The van der Waals surface area contributed by atoms with E-state index in [4.69, 9.17) is 0 Å². The van der Waals surface area contributed by atoms with Crippen LogP contribution in [0.4, 0.5) is 0 Å². The Bertz CT molecular complexity index is 290. The van der Waals surface area contributed by atoms with Crippen molar-refractivity contribution in [1.82, 2.24) is 9.80 Å². The third kappa shape index (κ3) is 4.30. The maximum atomic E-state index is 12.5. The molecule has 0 aliphatic carbocycles. The number of carbonyl (C=O) groups is 1. The summed E-state index contributed by atoms with van der Waals surface area (Å²) in [5, 5.41) is 9.30. The van der Waals surface area contributed by atoms with Crippen LogP contribution in [0.2, 0.25) is 0 Å². The predicted molar refractivity (Wildman–Crippen MR) is 74.1 cm³/mol. The molecule has 0 saturated carbocycles. The van der Waals surface area contributed by atoms with Gasteiger partial charge >= 0.3 is 0 Å². The highest BCUT2D eigenvalue weighted by molar-refractivity contribution is 5.85. The van der Waals surface area contributed by atoms with Crippen molar-refractivity contribution >= 4 is 5.91 Å². The first-order valence-corrected chi connectivity index (χ1v) is 6.82. The molecular formula is C14H27N3O. The zero-order valence-corrected chi connectivity index (χ0v) is 12.5. The van der Waals surface area contributed by atoms with Crippen LogP contribution < -0.4 is 0 Å². The van der Waals surface area contributed by atoms with Gasteiger partial charge in [-0.2, -0.15) is 5.26 Å². The molecule has 4 heteroatoms. The summed E-state index contributed by atoms with van der Waals surface area (Å²) in [5.74, 6) is -0.00347. The van der Waals surface area contributed by atoms with Crippen molar-refractivity contribution in [3.63, 3.8) is 0 Å². The lowest BCUT2D eigenvalue weighted by atomic mass is 9.82. The molecule has 0 aromatic rings. The van der Waals surface area contributed by atoms with E-state index in [1.54, 1.807) is 0 Å². The minimum Gasteiger partial charge on any atom is -0.342 e. The van der Waals surface area contributed by atoms with E-state index in [9.17, 15) is 10.1 Å². The summed E-state index contributed by atoms with van der Waals surface area (Å²) < 4.78 is 0. The van der Waals surface area contributed by atoms with Crippen LogP contribution in [0.25, 0.3) is 0 Å². The van der Waals surface area contributed by atoms with E-state index in [1.165, 1.54) is 0 Å². The van der Waals surface area contributed by atoms with E-state index in [0.29, 0.717) is 19.4 Å². The quantitative estimate of drug-likeness (QED) is 0.665. The lowest BCUT2D eigenvalue weighted by Crippen LogP contribution is -2.43. The zero-order valence-electron chi connectivity index (χ0n) is 12.5. The van der Waals surface area contributed by atoms with Gasteiger partial charge in [0, 0.05) is 13.1 Å². The van der Waals surface area contributed by atoms with Crippen molar-refractivity contribution in [2.24, 2.45) is 5.41 Å². The molecule has 0 fully saturated rings. The second-order valence-electron chi connectivity index (χ2n) is 4.94. The van der Waals surface area contributed by atoms with Gasteiger partial charge in [-0.05, 0) is 46.8 Å². The van der Waals surface area contributed by atoms with Gasteiger partial charge in [0.05, 0.1) is 6.07 Å². The van der Waals surface area contributed by atoms with E-state index in [2.05, 4.69) is 11.0 Å². The Balaban J connectivity index is 4.64. The zero-order chi connectivity index (χ0) is 14.2. The molecule has 0 bridgehead atoms. The minimum absolute atomic E-state index is 0.00347. The van der Waals surface area contributed by atoms with Crippen LogP contribution in [-0.2, 0) is 4.79 Å². The highest BCUT2D eigenvalue weighted by Gasteiger charge is 2.37. The van der Waals surface area contributed by atoms with E-state index >= 15 is 0 Å². The largest absolute Gasteiger partial charge is 0.342 e.